The predicted molar refractivity (Wildman–Crippen MR) is 250 cm³/mol. The Morgan fingerprint density at radius 2 is 0.724 bits per heavy atom. The van der Waals surface area contributed by atoms with Gasteiger partial charge >= 0.3 is 5.97 Å². The van der Waals surface area contributed by atoms with Crippen molar-refractivity contribution < 1.29 is 24.5 Å². The number of hydrogen-bond acceptors (Lipinski definition) is 5. The van der Waals surface area contributed by atoms with Crippen molar-refractivity contribution in [1.29, 1.82) is 0 Å². The maximum absolute atomic E-state index is 13.2. The van der Waals surface area contributed by atoms with Crippen LogP contribution in [0.1, 0.15) is 297 Å². The van der Waals surface area contributed by atoms with E-state index >= 15 is 0 Å². The molecular weight excluding hydrogens is 719 g/mol. The topological polar surface area (TPSA) is 95.9 Å². The summed E-state index contributed by atoms with van der Waals surface area (Å²) in [5.74, 6) is -0.450. The Hall–Kier alpha value is -1.14. The molecule has 0 aliphatic carbocycles. The fraction of sp³-hybridized carbons (Fsp3) is 0.962. The molecular formula is C52H103NO5. The van der Waals surface area contributed by atoms with Gasteiger partial charge in [0.2, 0.25) is 5.91 Å². The highest BCUT2D eigenvalue weighted by molar-refractivity contribution is 5.77. The minimum atomic E-state index is -0.778. The van der Waals surface area contributed by atoms with Crippen LogP contribution in [0.3, 0.4) is 0 Å². The summed E-state index contributed by atoms with van der Waals surface area (Å²) in [4.78, 5) is 26.1. The standard InChI is InChI=1S/C52H103NO5/c1-4-7-10-13-16-19-22-24-25-27-30-33-36-39-42-45-52(57)58-48(43-40-37-34-31-29-26-23-20-17-14-11-8-5-2)46-51(56)53-49(47-54)50(55)44-41-38-35-32-28-21-18-15-12-9-6-3/h48-50,54-55H,4-47H2,1-3H3,(H,53,56). The number of hydrogen-bond donors (Lipinski definition) is 3. The molecule has 0 heterocycles. The number of ether oxygens (including phenoxy) is 1. The van der Waals surface area contributed by atoms with E-state index in [0.717, 1.165) is 38.5 Å². The van der Waals surface area contributed by atoms with Crippen molar-refractivity contribution >= 4 is 11.9 Å². The number of unbranched alkanes of at least 4 members (excludes halogenated alkanes) is 36. The van der Waals surface area contributed by atoms with Crippen LogP contribution in [0.2, 0.25) is 0 Å². The van der Waals surface area contributed by atoms with E-state index in [1.165, 1.54) is 212 Å². The van der Waals surface area contributed by atoms with Gasteiger partial charge in [0.05, 0.1) is 25.2 Å². The van der Waals surface area contributed by atoms with Crippen LogP contribution < -0.4 is 5.32 Å². The molecule has 3 atom stereocenters. The summed E-state index contributed by atoms with van der Waals surface area (Å²) in [6.45, 7) is 6.51. The molecule has 0 aromatic heterocycles. The van der Waals surface area contributed by atoms with Crippen molar-refractivity contribution in [2.75, 3.05) is 6.61 Å². The lowest BCUT2D eigenvalue weighted by atomic mass is 10.0. The lowest BCUT2D eigenvalue weighted by molar-refractivity contribution is -0.151. The number of rotatable bonds is 48. The van der Waals surface area contributed by atoms with Gasteiger partial charge in [-0.15, -0.1) is 0 Å². The molecule has 6 nitrogen and oxygen atoms in total. The molecule has 3 N–H and O–H groups in total. The van der Waals surface area contributed by atoms with E-state index in [1.54, 1.807) is 0 Å². The van der Waals surface area contributed by atoms with E-state index in [-0.39, 0.29) is 24.9 Å². The third-order valence-electron chi connectivity index (χ3n) is 12.4. The smallest absolute Gasteiger partial charge is 0.306 e. The Labute approximate surface area is 362 Å². The highest BCUT2D eigenvalue weighted by Gasteiger charge is 2.24. The van der Waals surface area contributed by atoms with Crippen LogP contribution in [0.15, 0.2) is 0 Å². The number of nitrogens with one attached hydrogen (secondary N) is 1. The molecule has 58 heavy (non-hydrogen) atoms. The van der Waals surface area contributed by atoms with Crippen molar-refractivity contribution in [3.63, 3.8) is 0 Å². The number of aliphatic hydroxyl groups excluding tert-OH is 2. The second kappa shape index (κ2) is 46.9. The van der Waals surface area contributed by atoms with Crippen LogP contribution in [0, 0.1) is 0 Å². The maximum Gasteiger partial charge on any atom is 0.306 e. The third-order valence-corrected chi connectivity index (χ3v) is 12.4. The summed E-state index contributed by atoms with van der Waals surface area (Å²) in [6, 6.07) is -0.691. The van der Waals surface area contributed by atoms with Gasteiger partial charge < -0.3 is 20.3 Å². The van der Waals surface area contributed by atoms with E-state index in [0.29, 0.717) is 19.3 Å². The van der Waals surface area contributed by atoms with E-state index < -0.39 is 18.2 Å². The van der Waals surface area contributed by atoms with Crippen LogP contribution >= 0.6 is 0 Å². The van der Waals surface area contributed by atoms with E-state index in [2.05, 4.69) is 26.1 Å². The predicted octanol–water partition coefficient (Wildman–Crippen LogP) is 15.6. The SMILES string of the molecule is CCCCCCCCCCCCCCCCCC(=O)OC(CCCCCCCCCCCCCCC)CC(=O)NC(CO)C(O)CCCCCCCCCCCCC. The molecule has 0 fully saturated rings. The van der Waals surface area contributed by atoms with Gasteiger partial charge in [-0.25, -0.2) is 0 Å². The molecule has 0 rings (SSSR count). The van der Waals surface area contributed by atoms with Gasteiger partial charge in [0.15, 0.2) is 0 Å². The van der Waals surface area contributed by atoms with Gasteiger partial charge in [0, 0.05) is 6.42 Å². The normalized spacial score (nSPS) is 13.1. The molecule has 0 spiro atoms. The van der Waals surface area contributed by atoms with Crippen LogP contribution in [0.5, 0.6) is 0 Å². The monoisotopic (exact) mass is 822 g/mol. The van der Waals surface area contributed by atoms with Crippen LogP contribution in [0.4, 0.5) is 0 Å². The zero-order valence-electron chi connectivity index (χ0n) is 39.5. The molecule has 0 aromatic rings. The first-order chi connectivity index (χ1) is 28.5. The summed E-state index contributed by atoms with van der Waals surface area (Å²) in [5.41, 5.74) is 0. The molecule has 0 saturated carbocycles. The average Bonchev–Trinajstić information content (AvgIpc) is 3.22. The summed E-state index contributed by atoms with van der Waals surface area (Å²) in [6.07, 6.45) is 50.2. The molecule has 0 bridgehead atoms. The molecule has 346 valence electrons. The van der Waals surface area contributed by atoms with E-state index in [1.807, 2.05) is 0 Å². The quantitative estimate of drug-likeness (QED) is 0.0420. The second-order valence-corrected chi connectivity index (χ2v) is 18.3. The first-order valence-corrected chi connectivity index (χ1v) is 26.3. The van der Waals surface area contributed by atoms with Gasteiger partial charge in [-0.3, -0.25) is 9.59 Å². The van der Waals surface area contributed by atoms with Crippen LogP contribution in [-0.2, 0) is 14.3 Å². The highest BCUT2D eigenvalue weighted by atomic mass is 16.5. The summed E-state index contributed by atoms with van der Waals surface area (Å²) < 4.78 is 5.94. The first-order valence-electron chi connectivity index (χ1n) is 26.3. The van der Waals surface area contributed by atoms with Crippen LogP contribution in [-0.4, -0.2) is 46.9 Å². The Morgan fingerprint density at radius 1 is 0.431 bits per heavy atom. The average molecular weight is 822 g/mol. The Kier molecular flexibility index (Phi) is 46.0. The van der Waals surface area contributed by atoms with Crippen molar-refractivity contribution in [2.45, 2.75) is 315 Å². The van der Waals surface area contributed by atoms with Crippen molar-refractivity contribution in [3.05, 3.63) is 0 Å². The molecule has 0 aromatic carbocycles. The lowest BCUT2D eigenvalue weighted by Crippen LogP contribution is -2.46. The molecule has 6 heteroatoms. The Bertz CT molecular complexity index is 837. The summed E-state index contributed by atoms with van der Waals surface area (Å²) in [7, 11) is 0. The highest BCUT2D eigenvalue weighted by Crippen LogP contribution is 2.19. The first kappa shape index (κ1) is 56.9. The van der Waals surface area contributed by atoms with Gasteiger partial charge in [0.1, 0.15) is 6.10 Å². The van der Waals surface area contributed by atoms with Crippen molar-refractivity contribution in [2.24, 2.45) is 0 Å². The minimum Gasteiger partial charge on any atom is -0.462 e. The molecule has 1 amide bonds. The molecule has 0 radical (unpaired) electrons. The van der Waals surface area contributed by atoms with Gasteiger partial charge in [-0.2, -0.15) is 0 Å². The van der Waals surface area contributed by atoms with Crippen molar-refractivity contribution in [3.8, 4) is 0 Å². The van der Waals surface area contributed by atoms with Crippen LogP contribution in [0.25, 0.3) is 0 Å². The number of amides is 1. The Morgan fingerprint density at radius 3 is 1.05 bits per heavy atom. The molecule has 3 unspecified atom stereocenters. The van der Waals surface area contributed by atoms with Crippen molar-refractivity contribution in [1.82, 2.24) is 5.32 Å². The molecule has 0 aliphatic rings. The number of esters is 1. The van der Waals surface area contributed by atoms with E-state index in [4.69, 9.17) is 4.74 Å². The Balaban J connectivity index is 4.50. The summed E-state index contributed by atoms with van der Waals surface area (Å²) >= 11 is 0. The molecule has 0 saturated heterocycles. The van der Waals surface area contributed by atoms with Gasteiger partial charge in [-0.1, -0.05) is 258 Å². The number of aliphatic hydroxyl groups is 2. The number of carbonyl (C=O) groups is 2. The minimum absolute atomic E-state index is 0.0878. The zero-order valence-corrected chi connectivity index (χ0v) is 39.5. The van der Waals surface area contributed by atoms with E-state index in [9.17, 15) is 19.8 Å². The van der Waals surface area contributed by atoms with Gasteiger partial charge in [0.25, 0.3) is 0 Å². The zero-order chi connectivity index (χ0) is 42.4. The second-order valence-electron chi connectivity index (χ2n) is 18.3. The lowest BCUT2D eigenvalue weighted by Gasteiger charge is -2.24. The third kappa shape index (κ3) is 41.6. The number of carbonyl (C=O) groups excluding carboxylic acids is 2. The largest absolute Gasteiger partial charge is 0.462 e. The fourth-order valence-electron chi connectivity index (χ4n) is 8.43. The van der Waals surface area contributed by atoms with Gasteiger partial charge in [-0.05, 0) is 25.7 Å². The maximum atomic E-state index is 13.2. The fourth-order valence-corrected chi connectivity index (χ4v) is 8.43. The molecule has 0 aliphatic heterocycles. The summed E-state index contributed by atoms with van der Waals surface area (Å²) in [5, 5.41) is 23.7.